The van der Waals surface area contributed by atoms with Crippen molar-refractivity contribution in [1.82, 2.24) is 4.98 Å². The van der Waals surface area contributed by atoms with Gasteiger partial charge in [0.05, 0.1) is 25.3 Å². The fraction of sp³-hybridized carbons (Fsp3) is 0.400. The summed E-state index contributed by atoms with van der Waals surface area (Å²) in [5.74, 6) is 2.02. The molecule has 0 aliphatic rings. The second-order valence-electron chi connectivity index (χ2n) is 4.06. The maximum absolute atomic E-state index is 8.87. The van der Waals surface area contributed by atoms with Gasteiger partial charge >= 0.3 is 0 Å². The molecule has 0 saturated carbocycles. The van der Waals surface area contributed by atoms with E-state index in [2.05, 4.69) is 4.98 Å². The molecule has 1 N–H and O–H groups in total. The molecule has 0 saturated heterocycles. The van der Waals surface area contributed by atoms with Crippen molar-refractivity contribution in [3.05, 3.63) is 24.4 Å². The molecule has 0 amide bonds. The predicted molar refractivity (Wildman–Crippen MR) is 76.7 cm³/mol. The first-order valence-electron chi connectivity index (χ1n) is 6.72. The molecule has 2 aromatic rings. The summed E-state index contributed by atoms with van der Waals surface area (Å²) in [6.07, 6.45) is 1.67. The summed E-state index contributed by atoms with van der Waals surface area (Å²) in [6.45, 7) is 5.18. The lowest BCUT2D eigenvalue weighted by atomic mass is 10.2. The highest BCUT2D eigenvalue weighted by Crippen LogP contribution is 2.35. The highest BCUT2D eigenvalue weighted by molar-refractivity contribution is 5.88. The van der Waals surface area contributed by atoms with Crippen molar-refractivity contribution in [2.75, 3.05) is 26.4 Å². The summed E-state index contributed by atoms with van der Waals surface area (Å²) in [4.78, 5) is 4.32. The molecule has 1 heterocycles. The summed E-state index contributed by atoms with van der Waals surface area (Å²) in [7, 11) is 0. The Morgan fingerprint density at radius 2 is 1.70 bits per heavy atom. The standard InChI is InChI=1S/C15H19NO4/c1-3-18-14-9-11-12(10-15(14)19-4-2)16-6-5-13(11)20-8-7-17/h5-6,9-10,17H,3-4,7-8H2,1-2H3. The highest BCUT2D eigenvalue weighted by atomic mass is 16.5. The number of nitrogens with zero attached hydrogens (tertiary/aromatic N) is 1. The smallest absolute Gasteiger partial charge is 0.163 e. The van der Waals surface area contributed by atoms with Gasteiger partial charge in [0.15, 0.2) is 11.5 Å². The van der Waals surface area contributed by atoms with E-state index in [1.807, 2.05) is 26.0 Å². The zero-order valence-electron chi connectivity index (χ0n) is 11.8. The molecular weight excluding hydrogens is 258 g/mol. The number of aromatic nitrogens is 1. The van der Waals surface area contributed by atoms with E-state index in [1.54, 1.807) is 12.3 Å². The number of fused-ring (bicyclic) bond motifs is 1. The van der Waals surface area contributed by atoms with Gasteiger partial charge in [-0.1, -0.05) is 0 Å². The van der Waals surface area contributed by atoms with Crippen LogP contribution in [-0.4, -0.2) is 36.5 Å². The third-order valence-electron chi connectivity index (χ3n) is 2.72. The number of hydrogen-bond donors (Lipinski definition) is 1. The zero-order chi connectivity index (χ0) is 14.4. The molecule has 1 aromatic heterocycles. The van der Waals surface area contributed by atoms with Gasteiger partial charge in [0.2, 0.25) is 0 Å². The topological polar surface area (TPSA) is 60.8 Å². The van der Waals surface area contributed by atoms with E-state index < -0.39 is 0 Å². The lowest BCUT2D eigenvalue weighted by molar-refractivity contribution is 0.202. The highest BCUT2D eigenvalue weighted by Gasteiger charge is 2.11. The minimum atomic E-state index is -0.0286. The van der Waals surface area contributed by atoms with Crippen LogP contribution in [0.4, 0.5) is 0 Å². The molecule has 0 fully saturated rings. The third kappa shape index (κ3) is 3.11. The first-order valence-corrected chi connectivity index (χ1v) is 6.72. The van der Waals surface area contributed by atoms with Crippen LogP contribution in [-0.2, 0) is 0 Å². The number of pyridine rings is 1. The van der Waals surface area contributed by atoms with E-state index in [-0.39, 0.29) is 13.2 Å². The van der Waals surface area contributed by atoms with Crippen LogP contribution in [0, 0.1) is 0 Å². The van der Waals surface area contributed by atoms with Crippen LogP contribution in [0.2, 0.25) is 0 Å². The number of benzene rings is 1. The first kappa shape index (κ1) is 14.4. The summed E-state index contributed by atoms with van der Waals surface area (Å²) in [5.41, 5.74) is 0.771. The van der Waals surface area contributed by atoms with Crippen LogP contribution in [0.5, 0.6) is 17.2 Å². The molecule has 0 atom stereocenters. The average molecular weight is 277 g/mol. The normalized spacial score (nSPS) is 10.6. The van der Waals surface area contributed by atoms with Crippen molar-refractivity contribution in [3.63, 3.8) is 0 Å². The van der Waals surface area contributed by atoms with Crippen LogP contribution in [0.1, 0.15) is 13.8 Å². The van der Waals surface area contributed by atoms with Gasteiger partial charge in [-0.15, -0.1) is 0 Å². The molecule has 0 unspecified atom stereocenters. The van der Waals surface area contributed by atoms with Crippen LogP contribution in [0.3, 0.4) is 0 Å². The van der Waals surface area contributed by atoms with E-state index in [4.69, 9.17) is 19.3 Å². The number of hydrogen-bond acceptors (Lipinski definition) is 5. The third-order valence-corrected chi connectivity index (χ3v) is 2.72. The fourth-order valence-electron chi connectivity index (χ4n) is 1.95. The maximum atomic E-state index is 8.87. The minimum absolute atomic E-state index is 0.0286. The molecule has 0 aliphatic heterocycles. The fourth-order valence-corrected chi connectivity index (χ4v) is 1.95. The van der Waals surface area contributed by atoms with Crippen molar-refractivity contribution in [3.8, 4) is 17.2 Å². The van der Waals surface area contributed by atoms with Crippen LogP contribution in [0.25, 0.3) is 10.9 Å². The van der Waals surface area contributed by atoms with E-state index in [0.29, 0.717) is 30.5 Å². The molecule has 5 nitrogen and oxygen atoms in total. The van der Waals surface area contributed by atoms with Crippen molar-refractivity contribution < 1.29 is 19.3 Å². The number of aliphatic hydroxyl groups excluding tert-OH is 1. The predicted octanol–water partition coefficient (Wildman–Crippen LogP) is 2.40. The largest absolute Gasteiger partial charge is 0.490 e. The lowest BCUT2D eigenvalue weighted by Crippen LogP contribution is -2.03. The Hall–Kier alpha value is -2.01. The van der Waals surface area contributed by atoms with Crippen LogP contribution < -0.4 is 14.2 Å². The van der Waals surface area contributed by atoms with Gasteiger partial charge in [0.1, 0.15) is 12.4 Å². The Labute approximate surface area is 118 Å². The monoisotopic (exact) mass is 277 g/mol. The SMILES string of the molecule is CCOc1cc2nccc(OCCO)c2cc1OCC. The summed E-state index contributed by atoms with van der Waals surface area (Å²) in [6, 6.07) is 5.48. The summed E-state index contributed by atoms with van der Waals surface area (Å²) < 4.78 is 16.7. The quantitative estimate of drug-likeness (QED) is 0.842. The van der Waals surface area contributed by atoms with E-state index >= 15 is 0 Å². The van der Waals surface area contributed by atoms with E-state index in [0.717, 1.165) is 10.9 Å². The lowest BCUT2D eigenvalue weighted by Gasteiger charge is -2.13. The second kappa shape index (κ2) is 6.96. The number of rotatable bonds is 7. The molecule has 0 aliphatic carbocycles. The first-order chi connectivity index (χ1) is 9.80. The number of ether oxygens (including phenoxy) is 3. The van der Waals surface area contributed by atoms with Crippen molar-refractivity contribution in [1.29, 1.82) is 0 Å². The maximum Gasteiger partial charge on any atom is 0.163 e. The minimum Gasteiger partial charge on any atom is -0.490 e. The van der Waals surface area contributed by atoms with E-state index in [1.165, 1.54) is 0 Å². The molecule has 108 valence electrons. The van der Waals surface area contributed by atoms with E-state index in [9.17, 15) is 0 Å². The zero-order valence-corrected chi connectivity index (χ0v) is 11.8. The Bertz CT molecular complexity index is 571. The molecule has 1 aromatic carbocycles. The van der Waals surface area contributed by atoms with Crippen molar-refractivity contribution in [2.24, 2.45) is 0 Å². The van der Waals surface area contributed by atoms with Gasteiger partial charge in [-0.25, -0.2) is 0 Å². The summed E-state index contributed by atoms with van der Waals surface area (Å²) >= 11 is 0. The van der Waals surface area contributed by atoms with Gasteiger partial charge in [0.25, 0.3) is 0 Å². The van der Waals surface area contributed by atoms with Crippen LogP contribution in [0.15, 0.2) is 24.4 Å². The molecular formula is C15H19NO4. The Kier molecular flexibility index (Phi) is 5.01. The van der Waals surface area contributed by atoms with Gasteiger partial charge < -0.3 is 19.3 Å². The molecule has 5 heteroatoms. The molecule has 20 heavy (non-hydrogen) atoms. The molecule has 0 bridgehead atoms. The number of aliphatic hydroxyl groups is 1. The average Bonchev–Trinajstić information content (AvgIpc) is 2.46. The molecule has 0 spiro atoms. The Balaban J connectivity index is 2.48. The summed E-state index contributed by atoms with van der Waals surface area (Å²) in [5, 5.41) is 9.71. The Morgan fingerprint density at radius 1 is 1.00 bits per heavy atom. The van der Waals surface area contributed by atoms with Gasteiger partial charge in [0, 0.05) is 17.6 Å². The molecule has 0 radical (unpaired) electrons. The Morgan fingerprint density at radius 3 is 2.35 bits per heavy atom. The van der Waals surface area contributed by atoms with Crippen molar-refractivity contribution >= 4 is 10.9 Å². The van der Waals surface area contributed by atoms with Gasteiger partial charge in [-0.05, 0) is 26.0 Å². The van der Waals surface area contributed by atoms with Crippen molar-refractivity contribution in [2.45, 2.75) is 13.8 Å². The molecule has 2 rings (SSSR count). The van der Waals surface area contributed by atoms with Gasteiger partial charge in [-0.3, -0.25) is 4.98 Å². The second-order valence-corrected chi connectivity index (χ2v) is 4.06. The van der Waals surface area contributed by atoms with Gasteiger partial charge in [-0.2, -0.15) is 0 Å². The van der Waals surface area contributed by atoms with Crippen LogP contribution >= 0.6 is 0 Å².